The van der Waals surface area contributed by atoms with Gasteiger partial charge in [0.1, 0.15) is 23.0 Å². The summed E-state index contributed by atoms with van der Waals surface area (Å²) in [6, 6.07) is 12.0. The van der Waals surface area contributed by atoms with E-state index in [0.29, 0.717) is 0 Å². The van der Waals surface area contributed by atoms with Crippen LogP contribution < -0.4 is 0 Å². The van der Waals surface area contributed by atoms with Crippen LogP contribution in [0.3, 0.4) is 0 Å². The Morgan fingerprint density at radius 2 is 1.23 bits per heavy atom. The smallest absolute Gasteiger partial charge is 0.306 e. The standard InChI is InChI=1S/C6H6.C2H2F3IO/c1-2-4-6-5-3-1;3-2(4,5)1-7-6/h1-6H;1H2. The van der Waals surface area contributed by atoms with Crippen molar-refractivity contribution in [2.45, 2.75) is 6.18 Å². The zero-order valence-electron chi connectivity index (χ0n) is 6.59. The first kappa shape index (κ1) is 12.7. The highest BCUT2D eigenvalue weighted by molar-refractivity contribution is 14.1. The van der Waals surface area contributed by atoms with Crippen LogP contribution in [0.15, 0.2) is 36.4 Å². The van der Waals surface area contributed by atoms with E-state index in [-0.39, 0.29) is 0 Å². The van der Waals surface area contributed by atoms with E-state index in [0.717, 1.165) is 0 Å². The van der Waals surface area contributed by atoms with E-state index in [4.69, 9.17) is 0 Å². The molecule has 0 unspecified atom stereocenters. The van der Waals surface area contributed by atoms with Crippen molar-refractivity contribution in [1.29, 1.82) is 0 Å². The van der Waals surface area contributed by atoms with Crippen LogP contribution in [-0.2, 0) is 3.07 Å². The molecule has 5 heteroatoms. The maximum absolute atomic E-state index is 10.9. The number of halogens is 4. The molecule has 0 amide bonds. The molecular weight excluding hydrogens is 296 g/mol. The number of hydrogen-bond donors (Lipinski definition) is 0. The molecule has 0 radical (unpaired) electrons. The average molecular weight is 304 g/mol. The summed E-state index contributed by atoms with van der Waals surface area (Å²) in [7, 11) is 0. The molecule has 0 bridgehead atoms. The second-order valence-electron chi connectivity index (χ2n) is 2.02. The van der Waals surface area contributed by atoms with Gasteiger partial charge in [-0.2, -0.15) is 13.2 Å². The van der Waals surface area contributed by atoms with Crippen LogP contribution in [0.5, 0.6) is 0 Å². The number of benzene rings is 1. The summed E-state index contributed by atoms with van der Waals surface area (Å²) in [5.41, 5.74) is 0. The van der Waals surface area contributed by atoms with Crippen LogP contribution in [0.4, 0.5) is 13.2 Å². The molecule has 0 saturated heterocycles. The lowest BCUT2D eigenvalue weighted by atomic mass is 10.4. The first-order valence-corrected chi connectivity index (χ1v) is 4.24. The van der Waals surface area contributed by atoms with E-state index in [1.165, 1.54) is 23.0 Å². The fourth-order valence-electron chi connectivity index (χ4n) is 0.447. The van der Waals surface area contributed by atoms with Crippen LogP contribution >= 0.6 is 23.0 Å². The lowest BCUT2D eigenvalue weighted by Gasteiger charge is -1.99. The largest absolute Gasteiger partial charge is 0.412 e. The van der Waals surface area contributed by atoms with Crippen LogP contribution in [0.25, 0.3) is 0 Å². The number of rotatable bonds is 1. The Bertz CT molecular complexity index is 174. The molecule has 0 heterocycles. The minimum absolute atomic E-state index is 1.17. The predicted molar refractivity (Wildman–Crippen MR) is 52.5 cm³/mol. The first-order valence-electron chi connectivity index (χ1n) is 3.36. The second-order valence-corrected chi connectivity index (χ2v) is 2.65. The minimum atomic E-state index is -4.18. The molecule has 0 N–H and O–H groups in total. The molecule has 0 spiro atoms. The monoisotopic (exact) mass is 304 g/mol. The Morgan fingerprint density at radius 1 is 0.923 bits per heavy atom. The van der Waals surface area contributed by atoms with E-state index in [2.05, 4.69) is 3.07 Å². The van der Waals surface area contributed by atoms with E-state index in [9.17, 15) is 13.2 Å². The van der Waals surface area contributed by atoms with Crippen molar-refractivity contribution in [1.82, 2.24) is 0 Å². The Kier molecular flexibility index (Phi) is 6.97. The molecule has 1 rings (SSSR count). The molecule has 1 nitrogen and oxygen atoms in total. The summed E-state index contributed by atoms with van der Waals surface area (Å²) in [6.07, 6.45) is -4.18. The third-order valence-electron chi connectivity index (χ3n) is 0.885. The molecule has 0 aliphatic rings. The molecule has 74 valence electrons. The number of alkyl halides is 3. The second kappa shape index (κ2) is 7.14. The van der Waals surface area contributed by atoms with Crippen LogP contribution in [0, 0.1) is 0 Å². The highest BCUT2D eigenvalue weighted by Crippen LogP contribution is 2.15. The van der Waals surface area contributed by atoms with Crippen LogP contribution in [-0.4, -0.2) is 12.8 Å². The summed E-state index contributed by atoms with van der Waals surface area (Å²) in [5.74, 6) is 0. The third kappa shape index (κ3) is 11.7. The van der Waals surface area contributed by atoms with Gasteiger partial charge in [-0.15, -0.1) is 0 Å². The summed E-state index contributed by atoms with van der Waals surface area (Å²) in [5, 5.41) is 0. The van der Waals surface area contributed by atoms with Gasteiger partial charge < -0.3 is 3.07 Å². The highest BCUT2D eigenvalue weighted by Gasteiger charge is 2.26. The molecule has 0 aliphatic carbocycles. The van der Waals surface area contributed by atoms with Gasteiger partial charge in [0.25, 0.3) is 0 Å². The lowest BCUT2D eigenvalue weighted by Crippen LogP contribution is -2.13. The lowest BCUT2D eigenvalue weighted by molar-refractivity contribution is -0.146. The van der Waals surface area contributed by atoms with Gasteiger partial charge in [-0.3, -0.25) is 0 Å². The van der Waals surface area contributed by atoms with Crippen molar-refractivity contribution >= 4 is 23.0 Å². The predicted octanol–water partition coefficient (Wildman–Crippen LogP) is 3.60. The van der Waals surface area contributed by atoms with Crippen molar-refractivity contribution in [3.05, 3.63) is 36.4 Å². The van der Waals surface area contributed by atoms with E-state index in [1.54, 1.807) is 0 Å². The summed E-state index contributed by atoms with van der Waals surface area (Å²) < 4.78 is 36.5. The zero-order chi connectivity index (χ0) is 10.2. The van der Waals surface area contributed by atoms with Gasteiger partial charge in [0.15, 0.2) is 6.61 Å². The molecule has 0 aromatic heterocycles. The Hall–Kier alpha value is -0.300. The van der Waals surface area contributed by atoms with Gasteiger partial charge in [0.2, 0.25) is 0 Å². The molecule has 0 atom stereocenters. The Balaban J connectivity index is 0.000000223. The normalized spacial score (nSPS) is 10.2. The quantitative estimate of drug-likeness (QED) is 0.720. The molecule has 13 heavy (non-hydrogen) atoms. The van der Waals surface area contributed by atoms with Crippen molar-refractivity contribution < 1.29 is 16.2 Å². The Labute approximate surface area is 88.6 Å². The van der Waals surface area contributed by atoms with Gasteiger partial charge in [-0.1, -0.05) is 36.4 Å². The SMILES string of the molecule is FC(F)(F)COI.c1ccccc1. The molecule has 0 aliphatic heterocycles. The van der Waals surface area contributed by atoms with Crippen molar-refractivity contribution in [3.8, 4) is 0 Å². The third-order valence-corrected chi connectivity index (χ3v) is 1.20. The maximum atomic E-state index is 10.9. The van der Waals surface area contributed by atoms with E-state index >= 15 is 0 Å². The fourth-order valence-corrected chi connectivity index (χ4v) is 0.800. The summed E-state index contributed by atoms with van der Waals surface area (Å²) >= 11 is 1.19. The molecule has 0 fully saturated rings. The number of hydrogen-bond acceptors (Lipinski definition) is 1. The van der Waals surface area contributed by atoms with Gasteiger partial charge in [-0.05, 0) is 0 Å². The van der Waals surface area contributed by atoms with Crippen LogP contribution in [0.1, 0.15) is 0 Å². The molecule has 1 aromatic rings. The highest BCUT2D eigenvalue weighted by atomic mass is 127. The van der Waals surface area contributed by atoms with Crippen molar-refractivity contribution in [2.24, 2.45) is 0 Å². The first-order chi connectivity index (χ1) is 6.06. The topological polar surface area (TPSA) is 9.23 Å². The zero-order valence-corrected chi connectivity index (χ0v) is 8.75. The van der Waals surface area contributed by atoms with E-state index < -0.39 is 12.8 Å². The maximum Gasteiger partial charge on any atom is 0.412 e. The summed E-state index contributed by atoms with van der Waals surface area (Å²) in [6.45, 7) is -1.17. The van der Waals surface area contributed by atoms with Gasteiger partial charge in [0.05, 0.1) is 0 Å². The fraction of sp³-hybridized carbons (Fsp3) is 0.250. The van der Waals surface area contributed by atoms with E-state index in [1.807, 2.05) is 36.4 Å². The van der Waals surface area contributed by atoms with Crippen LogP contribution in [0.2, 0.25) is 0 Å². The minimum Gasteiger partial charge on any atom is -0.306 e. The van der Waals surface area contributed by atoms with Gasteiger partial charge >= 0.3 is 6.18 Å². The molecule has 0 saturated carbocycles. The van der Waals surface area contributed by atoms with Crippen molar-refractivity contribution in [2.75, 3.05) is 6.61 Å². The summed E-state index contributed by atoms with van der Waals surface area (Å²) in [4.78, 5) is 0. The molecular formula is C8H8F3IO. The van der Waals surface area contributed by atoms with Crippen molar-refractivity contribution in [3.63, 3.8) is 0 Å². The molecule has 1 aromatic carbocycles. The Morgan fingerprint density at radius 3 is 1.31 bits per heavy atom. The van der Waals surface area contributed by atoms with Gasteiger partial charge in [0, 0.05) is 0 Å². The average Bonchev–Trinajstić information content (AvgIpc) is 2.06. The van der Waals surface area contributed by atoms with Gasteiger partial charge in [-0.25, -0.2) is 0 Å².